The fourth-order valence-corrected chi connectivity index (χ4v) is 4.55. The van der Waals surface area contributed by atoms with Crippen LogP contribution in [0.15, 0.2) is 57.2 Å². The third-order valence-electron chi connectivity index (χ3n) is 3.28. The number of benzene rings is 2. The lowest BCUT2D eigenvalue weighted by atomic mass is 10.2. The van der Waals surface area contributed by atoms with Crippen molar-refractivity contribution in [1.29, 1.82) is 0 Å². The highest BCUT2D eigenvalue weighted by Crippen LogP contribution is 2.29. The van der Waals surface area contributed by atoms with E-state index in [4.69, 9.17) is 4.18 Å². The first-order chi connectivity index (χ1) is 12.2. The van der Waals surface area contributed by atoms with E-state index in [0.717, 1.165) is 22.3 Å². The smallest absolute Gasteiger partial charge is 0.339 e. The second kappa shape index (κ2) is 7.14. The van der Waals surface area contributed by atoms with Gasteiger partial charge in [-0.15, -0.1) is 11.3 Å². The van der Waals surface area contributed by atoms with Crippen molar-refractivity contribution in [1.82, 2.24) is 4.98 Å². The highest BCUT2D eigenvalue weighted by atomic mass is 79.9. The molecule has 134 valence electrons. The molecule has 3 aromatic rings. The van der Waals surface area contributed by atoms with Gasteiger partial charge in [0.05, 0.1) is 4.92 Å². The van der Waals surface area contributed by atoms with Crippen LogP contribution in [0.25, 0.3) is 10.6 Å². The average molecular weight is 455 g/mol. The first kappa shape index (κ1) is 18.5. The van der Waals surface area contributed by atoms with Gasteiger partial charge in [-0.05, 0) is 37.3 Å². The van der Waals surface area contributed by atoms with Crippen LogP contribution in [0, 0.1) is 17.0 Å². The number of nitrogens with zero attached hydrogens (tertiary/aromatic N) is 2. The molecule has 3 rings (SSSR count). The van der Waals surface area contributed by atoms with Crippen molar-refractivity contribution in [3.8, 4) is 16.3 Å². The van der Waals surface area contributed by atoms with Crippen molar-refractivity contribution in [2.24, 2.45) is 0 Å². The highest BCUT2D eigenvalue weighted by molar-refractivity contribution is 9.10. The lowest BCUT2D eigenvalue weighted by Crippen LogP contribution is -2.10. The van der Waals surface area contributed by atoms with Gasteiger partial charge in [-0.3, -0.25) is 10.1 Å². The van der Waals surface area contributed by atoms with Crippen molar-refractivity contribution >= 4 is 43.1 Å². The summed E-state index contributed by atoms with van der Waals surface area (Å²) in [5.74, 6) is 0.102. The van der Waals surface area contributed by atoms with Gasteiger partial charge < -0.3 is 4.18 Å². The van der Waals surface area contributed by atoms with E-state index >= 15 is 0 Å². The monoisotopic (exact) mass is 454 g/mol. The van der Waals surface area contributed by atoms with Crippen LogP contribution in [0.2, 0.25) is 0 Å². The molecule has 26 heavy (non-hydrogen) atoms. The molecule has 1 heterocycles. The summed E-state index contributed by atoms with van der Waals surface area (Å²) in [6.07, 6.45) is 0. The molecule has 1 aromatic heterocycles. The molecule has 0 N–H and O–H groups in total. The predicted octanol–water partition coefficient (Wildman–Crippen LogP) is 4.56. The lowest BCUT2D eigenvalue weighted by Gasteiger charge is -2.08. The zero-order chi connectivity index (χ0) is 18.9. The van der Waals surface area contributed by atoms with Gasteiger partial charge in [0, 0.05) is 33.2 Å². The van der Waals surface area contributed by atoms with Crippen LogP contribution in [-0.2, 0) is 10.1 Å². The molecular formula is C16H11BrN2O5S2. The van der Waals surface area contributed by atoms with Crippen LogP contribution in [0.1, 0.15) is 5.69 Å². The van der Waals surface area contributed by atoms with Gasteiger partial charge in [-0.2, -0.15) is 8.42 Å². The lowest BCUT2D eigenvalue weighted by molar-refractivity contribution is -0.385. The van der Waals surface area contributed by atoms with Crippen molar-refractivity contribution in [3.05, 3.63) is 68.1 Å². The number of aryl methyl sites for hydroxylation is 1. The van der Waals surface area contributed by atoms with Crippen molar-refractivity contribution < 1.29 is 17.5 Å². The Morgan fingerprint density at radius 2 is 1.88 bits per heavy atom. The highest BCUT2D eigenvalue weighted by Gasteiger charge is 2.21. The van der Waals surface area contributed by atoms with Crippen LogP contribution in [-0.4, -0.2) is 18.3 Å². The summed E-state index contributed by atoms with van der Waals surface area (Å²) in [4.78, 5) is 14.3. The largest absolute Gasteiger partial charge is 0.379 e. The Balaban J connectivity index is 1.87. The molecule has 0 saturated carbocycles. The molecule has 7 nitrogen and oxygen atoms in total. The van der Waals surface area contributed by atoms with E-state index in [1.807, 2.05) is 12.3 Å². The second-order valence-corrected chi connectivity index (χ2v) is 8.58. The Hall–Kier alpha value is -2.30. The number of rotatable bonds is 5. The van der Waals surface area contributed by atoms with Gasteiger partial charge in [-0.25, -0.2) is 4.98 Å². The number of nitro benzene ring substituents is 1. The molecule has 0 aliphatic carbocycles. The number of nitro groups is 1. The van der Waals surface area contributed by atoms with E-state index in [-0.39, 0.29) is 20.8 Å². The van der Waals surface area contributed by atoms with E-state index in [1.54, 1.807) is 12.1 Å². The van der Waals surface area contributed by atoms with Crippen LogP contribution < -0.4 is 4.18 Å². The van der Waals surface area contributed by atoms with Gasteiger partial charge in [0.1, 0.15) is 15.7 Å². The summed E-state index contributed by atoms with van der Waals surface area (Å²) in [5.41, 5.74) is 1.39. The van der Waals surface area contributed by atoms with Gasteiger partial charge in [-0.1, -0.05) is 15.9 Å². The average Bonchev–Trinajstić information content (AvgIpc) is 3.01. The van der Waals surface area contributed by atoms with E-state index in [1.165, 1.54) is 35.6 Å². The molecule has 0 fully saturated rings. The molecule has 0 bridgehead atoms. The summed E-state index contributed by atoms with van der Waals surface area (Å²) in [5, 5.41) is 13.6. The number of aromatic nitrogens is 1. The third kappa shape index (κ3) is 4.09. The molecule has 10 heteroatoms. The van der Waals surface area contributed by atoms with Crippen LogP contribution in [0.4, 0.5) is 5.69 Å². The molecule has 0 spiro atoms. The number of non-ortho nitro benzene ring substituents is 1. The SMILES string of the molecule is Cc1csc(-c2ccc(OS(=O)(=O)c3cc(Br)cc([N+](=O)[O-])c3)cc2)n1. The standard InChI is InChI=1S/C16H11BrN2O5S2/c1-10-9-25-16(18-10)11-2-4-14(5-3-11)24-26(22,23)15-7-12(17)6-13(8-15)19(20)21/h2-9H,1H3. The topological polar surface area (TPSA) is 99.4 Å². The second-order valence-electron chi connectivity index (χ2n) is 5.26. The Bertz CT molecular complexity index is 1080. The molecule has 2 aromatic carbocycles. The molecule has 0 aliphatic rings. The molecule has 0 saturated heterocycles. The van der Waals surface area contributed by atoms with Gasteiger partial charge in [0.2, 0.25) is 0 Å². The first-order valence-corrected chi connectivity index (χ1v) is 10.2. The quantitative estimate of drug-likeness (QED) is 0.318. The van der Waals surface area contributed by atoms with Gasteiger partial charge in [0.15, 0.2) is 0 Å². The summed E-state index contributed by atoms with van der Waals surface area (Å²) >= 11 is 4.55. The molecule has 0 unspecified atom stereocenters. The van der Waals surface area contributed by atoms with E-state index in [0.29, 0.717) is 0 Å². The molecule has 0 atom stereocenters. The Labute approximate surface area is 161 Å². The number of thiazole rings is 1. The zero-order valence-corrected chi connectivity index (χ0v) is 16.5. The Morgan fingerprint density at radius 1 is 1.19 bits per heavy atom. The van der Waals surface area contributed by atoms with E-state index < -0.39 is 15.0 Å². The van der Waals surface area contributed by atoms with Gasteiger partial charge in [0.25, 0.3) is 5.69 Å². The fourth-order valence-electron chi connectivity index (χ4n) is 2.11. The van der Waals surface area contributed by atoms with E-state index in [9.17, 15) is 18.5 Å². The van der Waals surface area contributed by atoms with Crippen LogP contribution in [0.5, 0.6) is 5.75 Å². The maximum absolute atomic E-state index is 12.4. The summed E-state index contributed by atoms with van der Waals surface area (Å²) in [6.45, 7) is 1.89. The molecule has 0 radical (unpaired) electrons. The van der Waals surface area contributed by atoms with Crippen molar-refractivity contribution in [3.63, 3.8) is 0 Å². The minimum absolute atomic E-state index is 0.102. The molecule has 0 amide bonds. The first-order valence-electron chi connectivity index (χ1n) is 7.17. The number of hydrogen-bond acceptors (Lipinski definition) is 7. The number of hydrogen-bond donors (Lipinski definition) is 0. The zero-order valence-electron chi connectivity index (χ0n) is 13.2. The molecule has 0 aliphatic heterocycles. The summed E-state index contributed by atoms with van der Waals surface area (Å²) in [7, 11) is -4.21. The molecular weight excluding hydrogens is 444 g/mol. The maximum Gasteiger partial charge on any atom is 0.339 e. The minimum atomic E-state index is -4.21. The predicted molar refractivity (Wildman–Crippen MR) is 101 cm³/mol. The van der Waals surface area contributed by atoms with E-state index in [2.05, 4.69) is 20.9 Å². The summed E-state index contributed by atoms with van der Waals surface area (Å²) in [6, 6.07) is 9.83. The van der Waals surface area contributed by atoms with Crippen LogP contribution >= 0.6 is 27.3 Å². The summed E-state index contributed by atoms with van der Waals surface area (Å²) < 4.78 is 30.2. The van der Waals surface area contributed by atoms with Crippen LogP contribution in [0.3, 0.4) is 0 Å². The maximum atomic E-state index is 12.4. The van der Waals surface area contributed by atoms with Crippen molar-refractivity contribution in [2.75, 3.05) is 0 Å². The fraction of sp³-hybridized carbons (Fsp3) is 0.0625. The third-order valence-corrected chi connectivity index (χ3v) is 5.97. The number of halogens is 1. The van der Waals surface area contributed by atoms with Gasteiger partial charge >= 0.3 is 10.1 Å². The minimum Gasteiger partial charge on any atom is -0.379 e. The Kier molecular flexibility index (Phi) is 5.08. The normalized spacial score (nSPS) is 11.3. The Morgan fingerprint density at radius 3 is 2.46 bits per heavy atom. The van der Waals surface area contributed by atoms with Crippen molar-refractivity contribution in [2.45, 2.75) is 11.8 Å².